The number of aromatic nitrogens is 2. The van der Waals surface area contributed by atoms with Crippen molar-refractivity contribution in [3.8, 4) is 5.69 Å². The van der Waals surface area contributed by atoms with Gasteiger partial charge >= 0.3 is 0 Å². The van der Waals surface area contributed by atoms with Crippen molar-refractivity contribution >= 4 is 5.96 Å². The number of rotatable bonds is 3. The van der Waals surface area contributed by atoms with Gasteiger partial charge in [0, 0.05) is 44.6 Å². The predicted molar refractivity (Wildman–Crippen MR) is 79.9 cm³/mol. The van der Waals surface area contributed by atoms with Crippen molar-refractivity contribution in [2.75, 3.05) is 20.1 Å². The fourth-order valence-electron chi connectivity index (χ4n) is 2.43. The Morgan fingerprint density at radius 1 is 1.33 bits per heavy atom. The Labute approximate surface area is 123 Å². The van der Waals surface area contributed by atoms with E-state index < -0.39 is 0 Å². The van der Waals surface area contributed by atoms with E-state index in [0.29, 0.717) is 12.1 Å². The first-order chi connectivity index (χ1) is 10.3. The highest BCUT2D eigenvalue weighted by Gasteiger charge is 2.14. The maximum atomic E-state index is 14.2. The van der Waals surface area contributed by atoms with Crippen LogP contribution in [0.2, 0.25) is 0 Å². The summed E-state index contributed by atoms with van der Waals surface area (Å²) in [6, 6.07) is 6.84. The van der Waals surface area contributed by atoms with E-state index in [0.717, 1.165) is 31.2 Å². The number of hydrogen-bond acceptors (Lipinski definition) is 4. The molecule has 0 radical (unpaired) electrons. The molecule has 0 atom stereocenters. The standard InChI is InChI=1S/C15H18FN5/c1-20-9-3-7-17-15(20)18-11-12-13(16)5-2-6-14(12)21-10-4-8-19-21/h2,4-6,8,10H,3,7,9,11H2,1H3,(H,17,18). The van der Waals surface area contributed by atoms with Crippen LogP contribution in [0.3, 0.4) is 0 Å². The van der Waals surface area contributed by atoms with Crippen molar-refractivity contribution in [2.24, 2.45) is 4.99 Å². The molecule has 5 nitrogen and oxygen atoms in total. The molecule has 6 heteroatoms. The van der Waals surface area contributed by atoms with Crippen LogP contribution in [0.4, 0.5) is 4.39 Å². The molecule has 0 unspecified atom stereocenters. The number of benzene rings is 1. The normalized spacial score (nSPS) is 15.0. The second-order valence-corrected chi connectivity index (χ2v) is 5.02. The van der Waals surface area contributed by atoms with Gasteiger partial charge in [0.1, 0.15) is 5.82 Å². The van der Waals surface area contributed by atoms with E-state index in [2.05, 4.69) is 20.3 Å². The Morgan fingerprint density at radius 3 is 3.00 bits per heavy atom. The molecule has 110 valence electrons. The second kappa shape index (κ2) is 5.95. The average molecular weight is 287 g/mol. The number of aliphatic imine (C=N–C) groups is 1. The first-order valence-corrected chi connectivity index (χ1v) is 7.02. The summed E-state index contributed by atoms with van der Waals surface area (Å²) in [6.45, 7) is 2.16. The van der Waals surface area contributed by atoms with Crippen LogP contribution < -0.4 is 5.32 Å². The molecule has 2 aromatic rings. The minimum absolute atomic E-state index is 0.241. The Bertz CT molecular complexity index is 636. The lowest BCUT2D eigenvalue weighted by Crippen LogP contribution is -2.42. The van der Waals surface area contributed by atoms with Gasteiger partial charge in [0.2, 0.25) is 0 Å². The van der Waals surface area contributed by atoms with Crippen LogP contribution in [0, 0.1) is 5.82 Å². The summed E-state index contributed by atoms with van der Waals surface area (Å²) in [5, 5.41) is 7.41. The third-order valence-electron chi connectivity index (χ3n) is 3.54. The summed E-state index contributed by atoms with van der Waals surface area (Å²) in [5.41, 5.74) is 1.33. The van der Waals surface area contributed by atoms with Gasteiger partial charge in [-0.05, 0) is 24.6 Å². The molecule has 0 saturated heterocycles. The Kier molecular flexibility index (Phi) is 3.85. The molecular formula is C15H18FN5. The van der Waals surface area contributed by atoms with Crippen LogP contribution in [0.5, 0.6) is 0 Å². The summed E-state index contributed by atoms with van der Waals surface area (Å²) in [6.07, 6.45) is 4.55. The number of nitrogens with one attached hydrogen (secondary N) is 1. The van der Waals surface area contributed by atoms with Gasteiger partial charge in [-0.1, -0.05) is 6.07 Å². The molecule has 21 heavy (non-hydrogen) atoms. The van der Waals surface area contributed by atoms with Gasteiger partial charge in [-0.3, -0.25) is 4.99 Å². The van der Waals surface area contributed by atoms with Gasteiger partial charge in [-0.2, -0.15) is 5.10 Å². The lowest BCUT2D eigenvalue weighted by molar-refractivity contribution is 0.445. The first-order valence-electron chi connectivity index (χ1n) is 7.02. The molecule has 0 amide bonds. The monoisotopic (exact) mass is 287 g/mol. The molecule has 0 fully saturated rings. The van der Waals surface area contributed by atoms with E-state index in [4.69, 9.17) is 0 Å². The van der Waals surface area contributed by atoms with Crippen LogP contribution in [0.25, 0.3) is 5.69 Å². The second-order valence-electron chi connectivity index (χ2n) is 5.02. The molecule has 1 aromatic heterocycles. The SMILES string of the molecule is CN1CCCN=C1NCc1c(F)cccc1-n1cccn1. The van der Waals surface area contributed by atoms with Crippen LogP contribution in [-0.4, -0.2) is 40.8 Å². The zero-order chi connectivity index (χ0) is 14.7. The molecule has 0 saturated carbocycles. The molecular weight excluding hydrogens is 269 g/mol. The van der Waals surface area contributed by atoms with Gasteiger partial charge in [0.15, 0.2) is 5.96 Å². The van der Waals surface area contributed by atoms with Gasteiger partial charge in [-0.25, -0.2) is 9.07 Å². The van der Waals surface area contributed by atoms with Crippen molar-refractivity contribution < 1.29 is 4.39 Å². The average Bonchev–Trinajstić information content (AvgIpc) is 3.01. The number of nitrogens with zero attached hydrogens (tertiary/aromatic N) is 4. The third kappa shape index (κ3) is 2.89. The highest BCUT2D eigenvalue weighted by Crippen LogP contribution is 2.17. The summed E-state index contributed by atoms with van der Waals surface area (Å²) in [4.78, 5) is 6.49. The van der Waals surface area contributed by atoms with Crippen LogP contribution in [0.1, 0.15) is 12.0 Å². The molecule has 0 bridgehead atoms. The van der Waals surface area contributed by atoms with Crippen LogP contribution >= 0.6 is 0 Å². The zero-order valence-electron chi connectivity index (χ0n) is 12.0. The van der Waals surface area contributed by atoms with E-state index in [-0.39, 0.29) is 5.82 Å². The largest absolute Gasteiger partial charge is 0.352 e. The van der Waals surface area contributed by atoms with Gasteiger partial charge in [0.05, 0.1) is 5.69 Å². The maximum absolute atomic E-state index is 14.2. The van der Waals surface area contributed by atoms with Gasteiger partial charge < -0.3 is 10.2 Å². The summed E-state index contributed by atoms with van der Waals surface area (Å²) in [5.74, 6) is 0.575. The highest BCUT2D eigenvalue weighted by molar-refractivity contribution is 5.80. The minimum Gasteiger partial charge on any atom is -0.352 e. The number of halogens is 1. The van der Waals surface area contributed by atoms with Crippen molar-refractivity contribution in [3.05, 3.63) is 48.0 Å². The molecule has 1 N–H and O–H groups in total. The Hall–Kier alpha value is -2.37. The topological polar surface area (TPSA) is 45.5 Å². The lowest BCUT2D eigenvalue weighted by Gasteiger charge is -2.26. The Balaban J connectivity index is 1.83. The van der Waals surface area contributed by atoms with Gasteiger partial charge in [0.25, 0.3) is 0 Å². The van der Waals surface area contributed by atoms with Gasteiger partial charge in [-0.15, -0.1) is 0 Å². The smallest absolute Gasteiger partial charge is 0.193 e. The van der Waals surface area contributed by atoms with E-state index in [9.17, 15) is 4.39 Å². The van der Waals surface area contributed by atoms with E-state index in [1.165, 1.54) is 6.07 Å². The minimum atomic E-state index is -0.241. The summed E-state index contributed by atoms with van der Waals surface area (Å²) in [7, 11) is 1.99. The summed E-state index contributed by atoms with van der Waals surface area (Å²) < 4.78 is 15.8. The molecule has 3 rings (SSSR count). The predicted octanol–water partition coefficient (Wildman–Crippen LogP) is 1.79. The molecule has 1 aromatic carbocycles. The van der Waals surface area contributed by atoms with Crippen molar-refractivity contribution in [3.63, 3.8) is 0 Å². The molecule has 0 aliphatic carbocycles. The van der Waals surface area contributed by atoms with Crippen molar-refractivity contribution in [2.45, 2.75) is 13.0 Å². The van der Waals surface area contributed by atoms with E-state index >= 15 is 0 Å². The van der Waals surface area contributed by atoms with E-state index in [1.807, 2.05) is 25.4 Å². The third-order valence-corrected chi connectivity index (χ3v) is 3.54. The first kappa shape index (κ1) is 13.6. The zero-order valence-corrected chi connectivity index (χ0v) is 12.0. The number of hydrogen-bond donors (Lipinski definition) is 1. The van der Waals surface area contributed by atoms with Crippen molar-refractivity contribution in [1.82, 2.24) is 20.0 Å². The maximum Gasteiger partial charge on any atom is 0.193 e. The Morgan fingerprint density at radius 2 is 2.24 bits per heavy atom. The van der Waals surface area contributed by atoms with E-state index in [1.54, 1.807) is 16.9 Å². The quantitative estimate of drug-likeness (QED) is 0.936. The van der Waals surface area contributed by atoms with Crippen LogP contribution in [0.15, 0.2) is 41.7 Å². The molecule has 0 spiro atoms. The molecule has 1 aliphatic heterocycles. The molecule has 2 heterocycles. The summed E-state index contributed by atoms with van der Waals surface area (Å²) >= 11 is 0. The van der Waals surface area contributed by atoms with Crippen LogP contribution in [-0.2, 0) is 6.54 Å². The number of guanidine groups is 1. The fourth-order valence-corrected chi connectivity index (χ4v) is 2.43. The highest BCUT2D eigenvalue weighted by atomic mass is 19.1. The lowest BCUT2D eigenvalue weighted by atomic mass is 10.1. The molecule has 1 aliphatic rings. The van der Waals surface area contributed by atoms with Crippen molar-refractivity contribution in [1.29, 1.82) is 0 Å². The fraction of sp³-hybridized carbons (Fsp3) is 0.333.